The van der Waals surface area contributed by atoms with Crippen LogP contribution >= 0.6 is 0 Å². The molecule has 0 aliphatic carbocycles. The molecule has 2 N–H and O–H groups in total. The number of alkyl halides is 3. The van der Waals surface area contributed by atoms with Crippen LogP contribution in [0.25, 0.3) is 0 Å². The van der Waals surface area contributed by atoms with Crippen molar-refractivity contribution in [1.29, 1.82) is 0 Å². The number of ether oxygens (including phenoxy) is 2. The highest BCUT2D eigenvalue weighted by atomic mass is 19.4. The second kappa shape index (κ2) is 8.86. The van der Waals surface area contributed by atoms with Crippen LogP contribution in [0.2, 0.25) is 0 Å². The van der Waals surface area contributed by atoms with Gasteiger partial charge in [-0.3, -0.25) is 9.59 Å². The van der Waals surface area contributed by atoms with E-state index in [2.05, 4.69) is 5.32 Å². The van der Waals surface area contributed by atoms with Crippen molar-refractivity contribution in [2.75, 3.05) is 26.3 Å². The maximum Gasteiger partial charge on any atom is 0.471 e. The van der Waals surface area contributed by atoms with E-state index in [1.807, 2.05) is 6.92 Å². The summed E-state index contributed by atoms with van der Waals surface area (Å²) in [5.41, 5.74) is 0. The van der Waals surface area contributed by atoms with Crippen molar-refractivity contribution in [3.05, 3.63) is 24.3 Å². The molecule has 0 aliphatic rings. The molecule has 0 aliphatic heterocycles. The molecule has 0 aromatic heterocycles. The van der Waals surface area contributed by atoms with Gasteiger partial charge in [0.2, 0.25) is 0 Å². The molecule has 0 atom stereocenters. The van der Waals surface area contributed by atoms with Crippen LogP contribution in [0.1, 0.15) is 6.92 Å². The smallest absolute Gasteiger partial charge is 0.471 e. The Morgan fingerprint density at radius 3 is 2.04 bits per heavy atom. The van der Waals surface area contributed by atoms with Gasteiger partial charge in [0, 0.05) is 13.1 Å². The third-order valence-electron chi connectivity index (χ3n) is 2.49. The predicted octanol–water partition coefficient (Wildman–Crippen LogP) is 1.26. The van der Waals surface area contributed by atoms with E-state index in [0.29, 0.717) is 18.1 Å². The average Bonchev–Trinajstić information content (AvgIpc) is 2.50. The molecule has 9 heteroatoms. The first-order valence-electron chi connectivity index (χ1n) is 6.80. The lowest BCUT2D eigenvalue weighted by Crippen LogP contribution is -2.41. The van der Waals surface area contributed by atoms with Crippen LogP contribution in [-0.2, 0) is 9.59 Å². The van der Waals surface area contributed by atoms with E-state index in [9.17, 15) is 22.8 Å². The molecule has 0 unspecified atom stereocenters. The van der Waals surface area contributed by atoms with E-state index in [1.165, 1.54) is 0 Å². The first-order chi connectivity index (χ1) is 10.8. The van der Waals surface area contributed by atoms with Gasteiger partial charge in [0.15, 0.2) is 6.61 Å². The lowest BCUT2D eigenvalue weighted by molar-refractivity contribution is -0.173. The molecule has 1 aromatic rings. The fraction of sp³-hybridized carbons (Fsp3) is 0.429. The number of amides is 2. The molecule has 1 rings (SSSR count). The van der Waals surface area contributed by atoms with Crippen LogP contribution in [0.15, 0.2) is 24.3 Å². The SMILES string of the molecule is CCOc1ccc(OCC(=O)NCCNC(=O)C(F)(F)F)cc1. The molecule has 0 heterocycles. The van der Waals surface area contributed by atoms with Crippen LogP contribution in [-0.4, -0.2) is 44.3 Å². The van der Waals surface area contributed by atoms with E-state index in [1.54, 1.807) is 29.6 Å². The summed E-state index contributed by atoms with van der Waals surface area (Å²) in [6.45, 7) is 1.64. The maximum absolute atomic E-state index is 11.9. The van der Waals surface area contributed by atoms with Gasteiger partial charge in [-0.2, -0.15) is 13.2 Å². The standard InChI is InChI=1S/C14H17F3N2O4/c1-2-22-10-3-5-11(6-4-10)23-9-12(20)18-7-8-19-13(21)14(15,16)17/h3-6H,2,7-9H2,1H3,(H,18,20)(H,19,21). The van der Waals surface area contributed by atoms with Crippen molar-refractivity contribution in [2.45, 2.75) is 13.1 Å². The molecule has 6 nitrogen and oxygen atoms in total. The quantitative estimate of drug-likeness (QED) is 0.702. The minimum absolute atomic E-state index is 0.132. The zero-order valence-electron chi connectivity index (χ0n) is 12.4. The maximum atomic E-state index is 11.9. The summed E-state index contributed by atoms with van der Waals surface area (Å²) in [7, 11) is 0. The highest BCUT2D eigenvalue weighted by Gasteiger charge is 2.38. The highest BCUT2D eigenvalue weighted by molar-refractivity contribution is 5.81. The van der Waals surface area contributed by atoms with E-state index >= 15 is 0 Å². The van der Waals surface area contributed by atoms with Crippen molar-refractivity contribution < 1.29 is 32.2 Å². The summed E-state index contributed by atoms with van der Waals surface area (Å²) in [4.78, 5) is 21.9. The molecule has 1 aromatic carbocycles. The summed E-state index contributed by atoms with van der Waals surface area (Å²) in [6, 6.07) is 6.62. The number of hydrogen-bond acceptors (Lipinski definition) is 4. The summed E-state index contributed by atoms with van der Waals surface area (Å²) < 4.78 is 46.1. The number of carbonyl (C=O) groups is 2. The monoisotopic (exact) mass is 334 g/mol. The first-order valence-corrected chi connectivity index (χ1v) is 6.80. The van der Waals surface area contributed by atoms with Gasteiger partial charge in [0.05, 0.1) is 6.61 Å². The van der Waals surface area contributed by atoms with Crippen LogP contribution in [0.3, 0.4) is 0 Å². The second-order valence-electron chi connectivity index (χ2n) is 4.30. The number of carbonyl (C=O) groups excluding carboxylic acids is 2. The van der Waals surface area contributed by atoms with Crippen molar-refractivity contribution in [3.8, 4) is 11.5 Å². The molecule has 2 amide bonds. The van der Waals surface area contributed by atoms with E-state index in [-0.39, 0.29) is 19.7 Å². The predicted molar refractivity (Wildman–Crippen MR) is 75.2 cm³/mol. The normalized spacial score (nSPS) is 10.8. The van der Waals surface area contributed by atoms with Gasteiger partial charge in [-0.1, -0.05) is 0 Å². The van der Waals surface area contributed by atoms with Gasteiger partial charge in [0.1, 0.15) is 11.5 Å². The molecule has 0 radical (unpaired) electrons. The Labute approximate surface area is 130 Å². The van der Waals surface area contributed by atoms with Crippen LogP contribution in [0.5, 0.6) is 11.5 Å². The first kappa shape index (κ1) is 18.6. The Morgan fingerprint density at radius 1 is 1.00 bits per heavy atom. The van der Waals surface area contributed by atoms with Crippen molar-refractivity contribution in [3.63, 3.8) is 0 Å². The number of benzene rings is 1. The second-order valence-corrected chi connectivity index (χ2v) is 4.30. The fourth-order valence-corrected chi connectivity index (χ4v) is 1.48. The molecular weight excluding hydrogens is 317 g/mol. The minimum atomic E-state index is -4.93. The van der Waals surface area contributed by atoms with Gasteiger partial charge >= 0.3 is 12.1 Å². The van der Waals surface area contributed by atoms with Crippen molar-refractivity contribution in [2.24, 2.45) is 0 Å². The number of nitrogens with one attached hydrogen (secondary N) is 2. The molecule has 0 bridgehead atoms. The Bertz CT molecular complexity index is 518. The number of halogens is 3. The van der Waals surface area contributed by atoms with Gasteiger partial charge in [-0.15, -0.1) is 0 Å². The third kappa shape index (κ3) is 7.39. The minimum Gasteiger partial charge on any atom is -0.494 e. The highest BCUT2D eigenvalue weighted by Crippen LogP contribution is 2.17. The van der Waals surface area contributed by atoms with Gasteiger partial charge in [-0.05, 0) is 31.2 Å². The summed E-state index contributed by atoms with van der Waals surface area (Å²) in [5, 5.41) is 3.96. The summed E-state index contributed by atoms with van der Waals surface area (Å²) in [6.07, 6.45) is -4.93. The van der Waals surface area contributed by atoms with E-state index in [4.69, 9.17) is 9.47 Å². The molecule has 128 valence electrons. The molecule has 0 saturated heterocycles. The Morgan fingerprint density at radius 2 is 1.52 bits per heavy atom. The lowest BCUT2D eigenvalue weighted by atomic mass is 10.3. The number of hydrogen-bond donors (Lipinski definition) is 2. The zero-order chi connectivity index (χ0) is 17.3. The van der Waals surface area contributed by atoms with Crippen LogP contribution < -0.4 is 20.1 Å². The Balaban J connectivity index is 2.20. The van der Waals surface area contributed by atoms with Gasteiger partial charge < -0.3 is 20.1 Å². The van der Waals surface area contributed by atoms with E-state index < -0.39 is 18.0 Å². The molecular formula is C14H17F3N2O4. The summed E-state index contributed by atoms with van der Waals surface area (Å²) in [5.74, 6) is -1.43. The molecule has 0 fully saturated rings. The number of rotatable bonds is 8. The molecule has 0 spiro atoms. The Hall–Kier alpha value is -2.45. The van der Waals surface area contributed by atoms with Gasteiger partial charge in [-0.25, -0.2) is 0 Å². The van der Waals surface area contributed by atoms with E-state index in [0.717, 1.165) is 0 Å². The van der Waals surface area contributed by atoms with Crippen molar-refractivity contribution in [1.82, 2.24) is 10.6 Å². The molecule has 23 heavy (non-hydrogen) atoms. The van der Waals surface area contributed by atoms with Crippen LogP contribution in [0.4, 0.5) is 13.2 Å². The zero-order valence-corrected chi connectivity index (χ0v) is 12.4. The molecule has 0 saturated carbocycles. The fourth-order valence-electron chi connectivity index (χ4n) is 1.48. The lowest BCUT2D eigenvalue weighted by Gasteiger charge is -2.10. The largest absolute Gasteiger partial charge is 0.494 e. The summed E-state index contributed by atoms with van der Waals surface area (Å²) >= 11 is 0. The van der Waals surface area contributed by atoms with Crippen LogP contribution in [0, 0.1) is 0 Å². The Kier molecular flexibility index (Phi) is 7.17. The van der Waals surface area contributed by atoms with Crippen molar-refractivity contribution >= 4 is 11.8 Å². The third-order valence-corrected chi connectivity index (χ3v) is 2.49. The average molecular weight is 334 g/mol. The van der Waals surface area contributed by atoms with Gasteiger partial charge in [0.25, 0.3) is 5.91 Å². The topological polar surface area (TPSA) is 76.7 Å².